The number of carbonyl (C=O) groups excluding carboxylic acids is 1. The van der Waals surface area contributed by atoms with Gasteiger partial charge in [-0.2, -0.15) is 8.42 Å². The fourth-order valence-electron chi connectivity index (χ4n) is 2.72. The maximum Gasteiger partial charge on any atom is 0.264 e. The van der Waals surface area contributed by atoms with Crippen LogP contribution in [0.5, 0.6) is 0 Å². The zero-order valence-electron chi connectivity index (χ0n) is 11.8. The third kappa shape index (κ3) is 2.92. The lowest BCUT2D eigenvalue weighted by Crippen LogP contribution is -2.53. The molecule has 1 aliphatic rings. The molecule has 1 amide bonds. The molecular weight excluding hydrogens is 254 g/mol. The molecule has 0 aromatic carbocycles. The molecule has 1 rings (SSSR count). The number of rotatable bonds is 3. The van der Waals surface area contributed by atoms with Crippen LogP contribution in [-0.2, 0) is 19.1 Å². The molecule has 1 aliphatic heterocycles. The van der Waals surface area contributed by atoms with Gasteiger partial charge in [-0.1, -0.05) is 6.08 Å². The second-order valence-electron chi connectivity index (χ2n) is 5.70. The average molecular weight is 275 g/mol. The van der Waals surface area contributed by atoms with Crippen molar-refractivity contribution in [1.29, 1.82) is 0 Å². The van der Waals surface area contributed by atoms with Gasteiger partial charge in [-0.3, -0.25) is 8.98 Å². The summed E-state index contributed by atoms with van der Waals surface area (Å²) >= 11 is 0. The van der Waals surface area contributed by atoms with Crippen molar-refractivity contribution in [3.63, 3.8) is 0 Å². The summed E-state index contributed by atoms with van der Waals surface area (Å²) < 4.78 is 26.9. The monoisotopic (exact) mass is 275 g/mol. The first-order valence-electron chi connectivity index (χ1n) is 5.75. The average Bonchev–Trinajstić information content (AvgIpc) is 2.26. The fraction of sp³-hybridized carbons (Fsp3) is 0.750. The van der Waals surface area contributed by atoms with E-state index in [9.17, 15) is 13.2 Å². The van der Waals surface area contributed by atoms with Crippen molar-refractivity contribution >= 4 is 16.0 Å². The van der Waals surface area contributed by atoms with Gasteiger partial charge in [-0.25, -0.2) is 0 Å². The Morgan fingerprint density at radius 2 is 1.83 bits per heavy atom. The van der Waals surface area contributed by atoms with Crippen LogP contribution >= 0.6 is 0 Å². The molecule has 0 saturated heterocycles. The normalized spacial score (nSPS) is 21.9. The van der Waals surface area contributed by atoms with Gasteiger partial charge in [0.15, 0.2) is 0 Å². The quantitative estimate of drug-likeness (QED) is 0.575. The number of nitrogens with zero attached hydrogens (tertiary/aromatic N) is 1. The third-order valence-electron chi connectivity index (χ3n) is 3.19. The predicted molar refractivity (Wildman–Crippen MR) is 69.6 cm³/mol. The molecule has 5 nitrogen and oxygen atoms in total. The number of amides is 1. The maximum atomic E-state index is 11.8. The van der Waals surface area contributed by atoms with Gasteiger partial charge in [-0.15, -0.1) is 0 Å². The minimum atomic E-state index is -3.48. The summed E-state index contributed by atoms with van der Waals surface area (Å²) in [6.07, 6.45) is 2.92. The number of carbonyl (C=O) groups is 1. The summed E-state index contributed by atoms with van der Waals surface area (Å²) in [6.45, 7) is 9.12. The van der Waals surface area contributed by atoms with Crippen LogP contribution in [0.4, 0.5) is 0 Å². The Kier molecular flexibility index (Phi) is 3.66. The Balaban J connectivity index is 3.04. The van der Waals surface area contributed by atoms with E-state index in [4.69, 9.17) is 4.18 Å². The Labute approximate surface area is 109 Å². The predicted octanol–water partition coefficient (Wildman–Crippen LogP) is 1.31. The molecule has 0 spiro atoms. The molecule has 0 unspecified atom stereocenters. The molecule has 0 aliphatic carbocycles. The highest BCUT2D eigenvalue weighted by molar-refractivity contribution is 7.85. The van der Waals surface area contributed by atoms with E-state index in [1.807, 2.05) is 33.8 Å². The van der Waals surface area contributed by atoms with Gasteiger partial charge < -0.3 is 4.90 Å². The topological polar surface area (TPSA) is 63.7 Å². The van der Waals surface area contributed by atoms with Crippen LogP contribution in [0.1, 0.15) is 34.6 Å². The second-order valence-corrected chi connectivity index (χ2v) is 7.35. The molecule has 0 N–H and O–H groups in total. The Morgan fingerprint density at radius 1 is 1.33 bits per heavy atom. The van der Waals surface area contributed by atoms with Gasteiger partial charge >= 0.3 is 0 Å². The lowest BCUT2D eigenvalue weighted by Gasteiger charge is -2.41. The summed E-state index contributed by atoms with van der Waals surface area (Å²) in [5.74, 6) is -0.0457. The van der Waals surface area contributed by atoms with Crippen LogP contribution in [0.3, 0.4) is 0 Å². The SMILES string of the molecule is CC(=O)N1C(C)(C)C=C(COS(C)(=O)=O)C1(C)C. The van der Waals surface area contributed by atoms with Crippen LogP contribution < -0.4 is 0 Å². The lowest BCUT2D eigenvalue weighted by atomic mass is 9.96. The van der Waals surface area contributed by atoms with Crippen LogP contribution in [0.2, 0.25) is 0 Å². The summed E-state index contributed by atoms with van der Waals surface area (Å²) in [7, 11) is -3.48. The molecule has 0 atom stereocenters. The highest BCUT2D eigenvalue weighted by atomic mass is 32.2. The first kappa shape index (κ1) is 15.2. The summed E-state index contributed by atoms with van der Waals surface area (Å²) in [4.78, 5) is 13.5. The molecule has 0 fully saturated rings. The molecule has 0 bridgehead atoms. The van der Waals surface area contributed by atoms with Gasteiger partial charge in [0.25, 0.3) is 10.1 Å². The zero-order valence-corrected chi connectivity index (χ0v) is 12.6. The fourth-order valence-corrected chi connectivity index (χ4v) is 3.06. The van der Waals surface area contributed by atoms with Gasteiger partial charge in [0.1, 0.15) is 0 Å². The second kappa shape index (κ2) is 4.35. The van der Waals surface area contributed by atoms with Crippen LogP contribution in [0, 0.1) is 0 Å². The summed E-state index contributed by atoms with van der Waals surface area (Å²) in [5, 5.41) is 0. The minimum Gasteiger partial charge on any atom is -0.325 e. The zero-order chi connectivity index (χ0) is 14.4. The largest absolute Gasteiger partial charge is 0.325 e. The van der Waals surface area contributed by atoms with E-state index in [1.54, 1.807) is 4.90 Å². The lowest BCUT2D eigenvalue weighted by molar-refractivity contribution is -0.136. The van der Waals surface area contributed by atoms with Gasteiger partial charge in [0.05, 0.1) is 23.9 Å². The minimum absolute atomic E-state index is 0.0148. The van der Waals surface area contributed by atoms with Crippen LogP contribution in [0.15, 0.2) is 11.6 Å². The van der Waals surface area contributed by atoms with E-state index in [1.165, 1.54) is 6.92 Å². The van der Waals surface area contributed by atoms with Crippen molar-refractivity contribution in [2.75, 3.05) is 12.9 Å². The molecule has 1 heterocycles. The van der Waals surface area contributed by atoms with Crippen LogP contribution in [0.25, 0.3) is 0 Å². The van der Waals surface area contributed by atoms with Gasteiger partial charge in [0, 0.05) is 6.92 Å². The molecule has 104 valence electrons. The Hall–Kier alpha value is -0.880. The van der Waals surface area contributed by atoms with E-state index >= 15 is 0 Å². The first-order chi connectivity index (χ1) is 7.88. The van der Waals surface area contributed by atoms with Crippen molar-refractivity contribution in [3.8, 4) is 0 Å². The van der Waals surface area contributed by atoms with Crippen molar-refractivity contribution in [1.82, 2.24) is 4.90 Å². The standard InChI is InChI=1S/C12H21NO4S/c1-9(14)13-11(2,3)7-10(12(13,4)5)8-17-18(6,15)16/h7H,8H2,1-6H3. The highest BCUT2D eigenvalue weighted by Gasteiger charge is 2.46. The van der Waals surface area contributed by atoms with Gasteiger partial charge in [-0.05, 0) is 33.3 Å². The first-order valence-corrected chi connectivity index (χ1v) is 7.57. The number of hydrogen-bond acceptors (Lipinski definition) is 4. The van der Waals surface area contributed by atoms with E-state index in [-0.39, 0.29) is 12.5 Å². The van der Waals surface area contributed by atoms with Crippen molar-refractivity contribution < 1.29 is 17.4 Å². The Morgan fingerprint density at radius 3 is 2.17 bits per heavy atom. The summed E-state index contributed by atoms with van der Waals surface area (Å²) in [5.41, 5.74) is -0.181. The highest BCUT2D eigenvalue weighted by Crippen LogP contribution is 2.40. The van der Waals surface area contributed by atoms with Crippen molar-refractivity contribution in [2.45, 2.75) is 45.7 Å². The van der Waals surface area contributed by atoms with E-state index < -0.39 is 21.2 Å². The van der Waals surface area contributed by atoms with Crippen molar-refractivity contribution in [3.05, 3.63) is 11.6 Å². The smallest absolute Gasteiger partial charge is 0.264 e. The molecule has 0 aromatic rings. The van der Waals surface area contributed by atoms with E-state index in [0.29, 0.717) is 0 Å². The van der Waals surface area contributed by atoms with E-state index in [0.717, 1.165) is 11.8 Å². The maximum absolute atomic E-state index is 11.8. The molecule has 0 aromatic heterocycles. The molecule has 0 saturated carbocycles. The van der Waals surface area contributed by atoms with E-state index in [2.05, 4.69) is 0 Å². The van der Waals surface area contributed by atoms with Crippen molar-refractivity contribution in [2.24, 2.45) is 0 Å². The molecule has 18 heavy (non-hydrogen) atoms. The molecule has 0 radical (unpaired) electrons. The molecule has 6 heteroatoms. The van der Waals surface area contributed by atoms with Gasteiger partial charge in [0.2, 0.25) is 5.91 Å². The molecular formula is C12H21NO4S. The number of hydrogen-bond donors (Lipinski definition) is 0. The summed E-state index contributed by atoms with van der Waals surface area (Å²) in [6, 6.07) is 0. The van der Waals surface area contributed by atoms with Crippen LogP contribution in [-0.4, -0.2) is 43.2 Å². The Bertz CT molecular complexity index is 488. The third-order valence-corrected chi connectivity index (χ3v) is 3.74.